The third kappa shape index (κ3) is 2.90. The molecule has 0 spiro atoms. The number of carbonyl (C=O) groups is 1. The van der Waals surface area contributed by atoms with E-state index in [1.165, 1.54) is 6.42 Å². The Hall–Kier alpha value is -2.41. The molecule has 3 aromatic rings. The van der Waals surface area contributed by atoms with E-state index in [9.17, 15) is 4.79 Å². The molecule has 0 aromatic carbocycles. The lowest BCUT2D eigenvalue weighted by Gasteiger charge is -2.49. The average Bonchev–Trinajstić information content (AvgIpc) is 3.27. The van der Waals surface area contributed by atoms with E-state index in [-0.39, 0.29) is 5.91 Å². The number of carbonyl (C=O) groups excluding carboxylic acids is 1. The summed E-state index contributed by atoms with van der Waals surface area (Å²) >= 11 is 1.57. The van der Waals surface area contributed by atoms with Crippen molar-refractivity contribution in [3.05, 3.63) is 47.4 Å². The minimum Gasteiger partial charge on any atom is -0.477 e. The fourth-order valence-electron chi connectivity index (χ4n) is 4.59. The highest BCUT2D eigenvalue weighted by Crippen LogP contribution is 2.40. The smallest absolute Gasteiger partial charge is 0.273 e. The minimum atomic E-state index is 0.122. The van der Waals surface area contributed by atoms with Gasteiger partial charge in [-0.25, -0.2) is 9.97 Å². The highest BCUT2D eigenvalue weighted by atomic mass is 32.1. The monoisotopic (exact) mass is 382 g/mol. The Balaban J connectivity index is 1.31. The van der Waals surface area contributed by atoms with Crippen LogP contribution in [0.2, 0.25) is 0 Å². The maximum Gasteiger partial charge on any atom is 0.273 e. The van der Waals surface area contributed by atoms with E-state index in [4.69, 9.17) is 4.74 Å². The first kappa shape index (κ1) is 16.7. The maximum atomic E-state index is 13.3. The lowest BCUT2D eigenvalue weighted by Crippen LogP contribution is -2.55. The number of imidazole rings is 1. The Bertz CT molecular complexity index is 967. The second-order valence-electron chi connectivity index (χ2n) is 7.52. The molecule has 1 aliphatic carbocycles. The van der Waals surface area contributed by atoms with Crippen LogP contribution in [0.3, 0.4) is 0 Å². The summed E-state index contributed by atoms with van der Waals surface area (Å²) in [5, 5.41) is 1.98. The predicted octanol–water partition coefficient (Wildman–Crippen LogP) is 3.42. The van der Waals surface area contributed by atoms with Gasteiger partial charge >= 0.3 is 0 Å². The standard InChI is InChI=1S/C20H22N4O2S/c1-13-18(23-8-9-27-20(23)22-13)19(25)24-11-14-5-6-16(24)10-15(14)12-26-17-4-2-3-7-21-17/h2-4,7-9,14-16H,5-6,10-12H2,1H3. The van der Waals surface area contributed by atoms with Crippen molar-refractivity contribution in [2.45, 2.75) is 32.2 Å². The molecule has 6 rings (SSSR count). The number of pyridine rings is 1. The molecule has 3 unspecified atom stereocenters. The van der Waals surface area contributed by atoms with Crippen molar-refractivity contribution in [1.29, 1.82) is 0 Å². The molecule has 27 heavy (non-hydrogen) atoms. The van der Waals surface area contributed by atoms with Gasteiger partial charge in [0.25, 0.3) is 5.91 Å². The second kappa shape index (κ2) is 6.64. The van der Waals surface area contributed by atoms with Crippen LogP contribution in [0.4, 0.5) is 0 Å². The number of ether oxygens (including phenoxy) is 1. The number of hydrogen-bond acceptors (Lipinski definition) is 5. The van der Waals surface area contributed by atoms with Gasteiger partial charge in [0.05, 0.1) is 12.3 Å². The van der Waals surface area contributed by atoms with E-state index in [1.54, 1.807) is 17.5 Å². The van der Waals surface area contributed by atoms with Crippen LogP contribution >= 0.6 is 11.3 Å². The molecule has 2 bridgehead atoms. The van der Waals surface area contributed by atoms with Gasteiger partial charge in [-0.3, -0.25) is 9.20 Å². The highest BCUT2D eigenvalue weighted by molar-refractivity contribution is 7.15. The molecule has 5 heterocycles. The summed E-state index contributed by atoms with van der Waals surface area (Å²) in [7, 11) is 0. The first-order valence-electron chi connectivity index (χ1n) is 9.47. The van der Waals surface area contributed by atoms with Gasteiger partial charge in [0.15, 0.2) is 4.96 Å². The van der Waals surface area contributed by atoms with E-state index < -0.39 is 0 Å². The zero-order chi connectivity index (χ0) is 18.4. The van der Waals surface area contributed by atoms with E-state index in [2.05, 4.69) is 14.9 Å². The van der Waals surface area contributed by atoms with Crippen LogP contribution < -0.4 is 4.74 Å². The van der Waals surface area contributed by atoms with Crippen molar-refractivity contribution in [2.24, 2.45) is 11.8 Å². The topological polar surface area (TPSA) is 59.7 Å². The minimum absolute atomic E-state index is 0.122. The van der Waals surface area contributed by atoms with Gasteiger partial charge in [-0.05, 0) is 44.1 Å². The Morgan fingerprint density at radius 2 is 2.30 bits per heavy atom. The number of nitrogens with zero attached hydrogens (tertiary/aromatic N) is 4. The van der Waals surface area contributed by atoms with Crippen LogP contribution in [0.25, 0.3) is 4.96 Å². The number of fused-ring (bicyclic) bond motifs is 4. The number of rotatable bonds is 4. The quantitative estimate of drug-likeness (QED) is 0.694. The van der Waals surface area contributed by atoms with Crippen molar-refractivity contribution < 1.29 is 9.53 Å². The number of piperidine rings is 2. The number of thiazole rings is 1. The fraction of sp³-hybridized carbons (Fsp3) is 0.450. The third-order valence-electron chi connectivity index (χ3n) is 5.97. The van der Waals surface area contributed by atoms with Crippen LogP contribution in [0.1, 0.15) is 35.4 Å². The van der Waals surface area contributed by atoms with E-state index in [0.29, 0.717) is 30.4 Å². The largest absolute Gasteiger partial charge is 0.477 e. The first-order valence-corrected chi connectivity index (χ1v) is 10.4. The van der Waals surface area contributed by atoms with Crippen molar-refractivity contribution >= 4 is 22.2 Å². The van der Waals surface area contributed by atoms with Crippen molar-refractivity contribution in [1.82, 2.24) is 19.3 Å². The number of amides is 1. The van der Waals surface area contributed by atoms with Crippen molar-refractivity contribution in [3.63, 3.8) is 0 Å². The van der Waals surface area contributed by atoms with E-state index >= 15 is 0 Å². The highest BCUT2D eigenvalue weighted by Gasteiger charge is 2.43. The molecule has 6 nitrogen and oxygen atoms in total. The molecule has 140 valence electrons. The maximum absolute atomic E-state index is 13.3. The fourth-order valence-corrected chi connectivity index (χ4v) is 5.35. The molecule has 3 fully saturated rings. The molecule has 3 atom stereocenters. The zero-order valence-corrected chi connectivity index (χ0v) is 16.1. The van der Waals surface area contributed by atoms with Gasteiger partial charge < -0.3 is 9.64 Å². The summed E-state index contributed by atoms with van der Waals surface area (Å²) in [4.78, 5) is 25.0. The summed E-state index contributed by atoms with van der Waals surface area (Å²) in [6.45, 7) is 3.43. The summed E-state index contributed by atoms with van der Waals surface area (Å²) in [5.41, 5.74) is 1.54. The molecule has 3 aliphatic rings. The van der Waals surface area contributed by atoms with E-state index in [0.717, 1.165) is 35.7 Å². The lowest BCUT2D eigenvalue weighted by atomic mass is 9.72. The Labute approximate surface area is 161 Å². The number of hydrogen-bond donors (Lipinski definition) is 0. The first-order chi connectivity index (χ1) is 13.2. The summed E-state index contributed by atoms with van der Waals surface area (Å²) in [6, 6.07) is 6.02. The van der Waals surface area contributed by atoms with Crippen LogP contribution in [0.15, 0.2) is 36.0 Å². The molecule has 2 aliphatic heterocycles. The summed E-state index contributed by atoms with van der Waals surface area (Å²) < 4.78 is 7.84. The summed E-state index contributed by atoms with van der Waals surface area (Å²) in [5.74, 6) is 1.79. The third-order valence-corrected chi connectivity index (χ3v) is 6.72. The average molecular weight is 382 g/mol. The Morgan fingerprint density at radius 1 is 1.37 bits per heavy atom. The van der Waals surface area contributed by atoms with Crippen LogP contribution in [0.5, 0.6) is 5.88 Å². The van der Waals surface area contributed by atoms with E-state index in [1.807, 2.05) is 41.1 Å². The molecule has 1 saturated carbocycles. The molecule has 3 aromatic heterocycles. The normalized spacial score (nSPS) is 24.5. The van der Waals surface area contributed by atoms with Crippen molar-refractivity contribution in [2.75, 3.05) is 13.2 Å². The van der Waals surface area contributed by atoms with Gasteiger partial charge in [-0.1, -0.05) is 6.07 Å². The van der Waals surface area contributed by atoms with Crippen LogP contribution in [-0.4, -0.2) is 44.4 Å². The van der Waals surface area contributed by atoms with Crippen LogP contribution in [-0.2, 0) is 0 Å². The molecular weight excluding hydrogens is 360 g/mol. The second-order valence-corrected chi connectivity index (χ2v) is 8.40. The van der Waals surface area contributed by atoms with Crippen molar-refractivity contribution in [3.8, 4) is 5.88 Å². The molecule has 2 saturated heterocycles. The van der Waals surface area contributed by atoms with Gasteiger partial charge in [0.1, 0.15) is 5.69 Å². The SMILES string of the molecule is Cc1nc2sccn2c1C(=O)N1CC2CCC1CC2COc1ccccn1. The molecule has 0 N–H and O–H groups in total. The Kier molecular flexibility index (Phi) is 4.11. The van der Waals surface area contributed by atoms with Gasteiger partial charge in [-0.2, -0.15) is 0 Å². The molecule has 1 amide bonds. The van der Waals surface area contributed by atoms with Gasteiger partial charge in [-0.15, -0.1) is 11.3 Å². The van der Waals surface area contributed by atoms with Crippen LogP contribution in [0, 0.1) is 18.8 Å². The Morgan fingerprint density at radius 3 is 3.07 bits per heavy atom. The predicted molar refractivity (Wildman–Crippen MR) is 103 cm³/mol. The number of aromatic nitrogens is 3. The lowest BCUT2D eigenvalue weighted by molar-refractivity contribution is -0.00516. The summed E-state index contributed by atoms with van der Waals surface area (Å²) in [6.07, 6.45) is 6.96. The zero-order valence-electron chi connectivity index (χ0n) is 15.2. The number of aryl methyl sites for hydroxylation is 1. The van der Waals surface area contributed by atoms with Gasteiger partial charge in [0.2, 0.25) is 5.88 Å². The van der Waals surface area contributed by atoms with Gasteiger partial charge in [0, 0.05) is 36.4 Å². The molecule has 0 radical (unpaired) electrons. The molecule has 7 heteroatoms. The molecular formula is C20H22N4O2S.